The van der Waals surface area contributed by atoms with Crippen LogP contribution in [0.15, 0.2) is 0 Å². The summed E-state index contributed by atoms with van der Waals surface area (Å²) in [6, 6.07) is 0. The van der Waals surface area contributed by atoms with E-state index in [4.69, 9.17) is 10.9 Å². The normalized spacial score (nSPS) is 9.44. The van der Waals surface area contributed by atoms with Crippen molar-refractivity contribution in [2.45, 2.75) is 0 Å². The summed E-state index contributed by atoms with van der Waals surface area (Å²) in [5.41, 5.74) is 2.32. The number of hydrogen-bond acceptors (Lipinski definition) is 4. The molecule has 0 bridgehead atoms. The van der Waals surface area contributed by atoms with Crippen molar-refractivity contribution < 1.29 is 14.6 Å². The van der Waals surface area contributed by atoms with E-state index < -0.39 is 5.97 Å². The SMILES string of the molecule is NNCCOCC(=O)O. The zero-order chi connectivity index (χ0) is 7.11. The lowest BCUT2D eigenvalue weighted by molar-refractivity contribution is -0.142. The van der Waals surface area contributed by atoms with Gasteiger partial charge in [0.05, 0.1) is 6.61 Å². The molecular weight excluding hydrogens is 124 g/mol. The topological polar surface area (TPSA) is 84.6 Å². The van der Waals surface area contributed by atoms with Gasteiger partial charge in [0.2, 0.25) is 0 Å². The molecule has 0 aliphatic carbocycles. The maximum atomic E-state index is 9.79. The second-order valence-corrected chi connectivity index (χ2v) is 1.40. The second kappa shape index (κ2) is 5.49. The molecule has 0 atom stereocenters. The molecule has 0 aliphatic rings. The number of carboxylic acid groups (broad SMARTS) is 1. The lowest BCUT2D eigenvalue weighted by atomic mass is 10.7. The number of hydrogen-bond donors (Lipinski definition) is 3. The van der Waals surface area contributed by atoms with Crippen molar-refractivity contribution in [2.24, 2.45) is 5.84 Å². The van der Waals surface area contributed by atoms with Crippen LogP contribution >= 0.6 is 0 Å². The summed E-state index contributed by atoms with van der Waals surface area (Å²) in [5, 5.41) is 8.04. The van der Waals surface area contributed by atoms with E-state index in [1.54, 1.807) is 0 Å². The predicted octanol–water partition coefficient (Wildman–Crippen LogP) is -1.45. The van der Waals surface area contributed by atoms with Crippen molar-refractivity contribution >= 4 is 5.97 Å². The van der Waals surface area contributed by atoms with Crippen LogP contribution in [0, 0.1) is 0 Å². The van der Waals surface area contributed by atoms with Gasteiger partial charge in [-0.2, -0.15) is 0 Å². The van der Waals surface area contributed by atoms with Crippen molar-refractivity contribution in [3.8, 4) is 0 Å². The predicted molar refractivity (Wildman–Crippen MR) is 30.6 cm³/mol. The summed E-state index contributed by atoms with van der Waals surface area (Å²) in [6.07, 6.45) is 0. The summed E-state index contributed by atoms with van der Waals surface area (Å²) >= 11 is 0. The van der Waals surface area contributed by atoms with Gasteiger partial charge in [0, 0.05) is 6.54 Å². The summed E-state index contributed by atoms with van der Waals surface area (Å²) < 4.78 is 4.59. The Morgan fingerprint density at radius 3 is 2.89 bits per heavy atom. The number of hydrazine groups is 1. The summed E-state index contributed by atoms with van der Waals surface area (Å²) in [6.45, 7) is 0.526. The zero-order valence-electron chi connectivity index (χ0n) is 4.96. The van der Waals surface area contributed by atoms with Crippen molar-refractivity contribution in [3.05, 3.63) is 0 Å². The Morgan fingerprint density at radius 1 is 1.78 bits per heavy atom. The van der Waals surface area contributed by atoms with Crippen LogP contribution in [0.2, 0.25) is 0 Å². The first kappa shape index (κ1) is 8.35. The van der Waals surface area contributed by atoms with E-state index in [2.05, 4.69) is 10.2 Å². The maximum absolute atomic E-state index is 9.79. The highest BCUT2D eigenvalue weighted by Gasteiger charge is 1.93. The van der Waals surface area contributed by atoms with E-state index >= 15 is 0 Å². The number of ether oxygens (including phenoxy) is 1. The fourth-order valence-electron chi connectivity index (χ4n) is 0.291. The number of nitrogens with two attached hydrogens (primary N) is 1. The fourth-order valence-corrected chi connectivity index (χ4v) is 0.291. The largest absolute Gasteiger partial charge is 0.480 e. The molecule has 0 heterocycles. The van der Waals surface area contributed by atoms with Gasteiger partial charge in [0.15, 0.2) is 0 Å². The van der Waals surface area contributed by atoms with Gasteiger partial charge >= 0.3 is 5.97 Å². The molecule has 0 aromatic rings. The highest BCUT2D eigenvalue weighted by atomic mass is 16.5. The lowest BCUT2D eigenvalue weighted by Gasteiger charge is -1.97. The lowest BCUT2D eigenvalue weighted by Crippen LogP contribution is -2.27. The molecule has 0 unspecified atom stereocenters. The third-order valence-electron chi connectivity index (χ3n) is 0.616. The average Bonchev–Trinajstić information content (AvgIpc) is 1.80. The van der Waals surface area contributed by atoms with Crippen LogP contribution in [0.4, 0.5) is 0 Å². The third kappa shape index (κ3) is 7.35. The van der Waals surface area contributed by atoms with Crippen LogP contribution in [0.25, 0.3) is 0 Å². The van der Waals surface area contributed by atoms with Gasteiger partial charge in [-0.05, 0) is 0 Å². The minimum atomic E-state index is -0.966. The quantitative estimate of drug-likeness (QED) is 0.243. The molecular formula is C4H10N2O3. The van der Waals surface area contributed by atoms with E-state index in [0.29, 0.717) is 13.2 Å². The van der Waals surface area contributed by atoms with Crippen LogP contribution in [-0.4, -0.2) is 30.8 Å². The fraction of sp³-hybridized carbons (Fsp3) is 0.750. The first-order valence-corrected chi connectivity index (χ1v) is 2.50. The molecule has 9 heavy (non-hydrogen) atoms. The molecule has 0 saturated carbocycles. The number of aliphatic carboxylic acids is 1. The van der Waals surface area contributed by atoms with Crippen LogP contribution in [0.1, 0.15) is 0 Å². The van der Waals surface area contributed by atoms with E-state index in [-0.39, 0.29) is 6.61 Å². The Hall–Kier alpha value is -0.650. The highest BCUT2D eigenvalue weighted by Crippen LogP contribution is 1.70. The van der Waals surface area contributed by atoms with Gasteiger partial charge in [-0.1, -0.05) is 0 Å². The molecule has 0 rings (SSSR count). The van der Waals surface area contributed by atoms with Gasteiger partial charge in [-0.15, -0.1) is 0 Å². The molecule has 54 valence electrons. The average molecular weight is 134 g/mol. The number of carboxylic acids is 1. The van der Waals surface area contributed by atoms with E-state index in [0.717, 1.165) is 0 Å². The number of carbonyl (C=O) groups is 1. The number of nitrogens with one attached hydrogen (secondary N) is 1. The molecule has 0 aromatic carbocycles. The standard InChI is InChI=1S/C4H10N2O3/c5-6-1-2-9-3-4(7)8/h6H,1-3,5H2,(H,7,8). The molecule has 4 N–H and O–H groups in total. The molecule has 5 heteroatoms. The van der Waals surface area contributed by atoms with Crippen molar-refractivity contribution in [1.82, 2.24) is 5.43 Å². The van der Waals surface area contributed by atoms with Crippen LogP contribution in [-0.2, 0) is 9.53 Å². The smallest absolute Gasteiger partial charge is 0.329 e. The van der Waals surface area contributed by atoms with Gasteiger partial charge in [-0.3, -0.25) is 11.3 Å². The zero-order valence-corrected chi connectivity index (χ0v) is 4.96. The second-order valence-electron chi connectivity index (χ2n) is 1.40. The van der Waals surface area contributed by atoms with Crippen molar-refractivity contribution in [3.63, 3.8) is 0 Å². The molecule has 0 saturated heterocycles. The van der Waals surface area contributed by atoms with E-state index in [1.165, 1.54) is 0 Å². The van der Waals surface area contributed by atoms with E-state index in [1.807, 2.05) is 0 Å². The molecule has 0 radical (unpaired) electrons. The maximum Gasteiger partial charge on any atom is 0.329 e. The van der Waals surface area contributed by atoms with Crippen LogP contribution in [0.3, 0.4) is 0 Å². The molecule has 0 spiro atoms. The molecule has 0 aliphatic heterocycles. The Bertz CT molecular complexity index is 85.9. The Morgan fingerprint density at radius 2 is 2.44 bits per heavy atom. The summed E-state index contributed by atoms with van der Waals surface area (Å²) in [4.78, 5) is 9.79. The summed E-state index contributed by atoms with van der Waals surface area (Å²) in [5.74, 6) is 3.90. The van der Waals surface area contributed by atoms with Gasteiger partial charge in [0.1, 0.15) is 6.61 Å². The first-order valence-electron chi connectivity index (χ1n) is 2.50. The van der Waals surface area contributed by atoms with Crippen molar-refractivity contribution in [1.29, 1.82) is 0 Å². The third-order valence-corrected chi connectivity index (χ3v) is 0.616. The Labute approximate surface area is 52.8 Å². The van der Waals surface area contributed by atoms with Gasteiger partial charge < -0.3 is 9.84 Å². The monoisotopic (exact) mass is 134 g/mol. The Kier molecular flexibility index (Phi) is 5.09. The minimum Gasteiger partial charge on any atom is -0.480 e. The minimum absolute atomic E-state index is 0.262. The summed E-state index contributed by atoms with van der Waals surface area (Å²) in [7, 11) is 0. The molecule has 5 nitrogen and oxygen atoms in total. The van der Waals surface area contributed by atoms with Crippen LogP contribution in [0.5, 0.6) is 0 Å². The van der Waals surface area contributed by atoms with Crippen LogP contribution < -0.4 is 11.3 Å². The number of rotatable bonds is 5. The molecule has 0 aromatic heterocycles. The molecule has 0 fully saturated rings. The Balaban J connectivity index is 2.83. The van der Waals surface area contributed by atoms with E-state index in [9.17, 15) is 4.79 Å². The van der Waals surface area contributed by atoms with Crippen molar-refractivity contribution in [2.75, 3.05) is 19.8 Å². The highest BCUT2D eigenvalue weighted by molar-refractivity contribution is 5.67. The van der Waals surface area contributed by atoms with Gasteiger partial charge in [-0.25, -0.2) is 4.79 Å². The first-order chi connectivity index (χ1) is 4.27. The molecule has 0 amide bonds. The van der Waals surface area contributed by atoms with Gasteiger partial charge in [0.25, 0.3) is 0 Å².